The summed E-state index contributed by atoms with van der Waals surface area (Å²) in [5.41, 5.74) is 2.49. The van der Waals surface area contributed by atoms with Crippen LogP contribution in [0.5, 0.6) is 5.75 Å². The number of nitrogens with one attached hydrogen (secondary N) is 1. The summed E-state index contributed by atoms with van der Waals surface area (Å²) in [6.45, 7) is -0.0882. The second kappa shape index (κ2) is 9.89. The standard InChI is InChI=1S/C24H21N3O3/c1-27(2)23(28)17-30-22-11-6-8-19(16-22)24(29)26-21-10-5-7-18(15-21)12-13-20-9-3-4-14-25-20/h3-11,14-16H,17H2,1-2H3,(H,26,29). The number of hydrogen-bond donors (Lipinski definition) is 1. The van der Waals surface area contributed by atoms with Gasteiger partial charge in [0.1, 0.15) is 11.4 Å². The highest BCUT2D eigenvalue weighted by atomic mass is 16.5. The monoisotopic (exact) mass is 399 g/mol. The summed E-state index contributed by atoms with van der Waals surface area (Å²) in [4.78, 5) is 29.9. The molecule has 0 unspecified atom stereocenters. The number of pyridine rings is 1. The first kappa shape index (κ1) is 20.6. The predicted octanol–water partition coefficient (Wildman–Crippen LogP) is 3.20. The second-order valence-electron chi connectivity index (χ2n) is 6.60. The van der Waals surface area contributed by atoms with Gasteiger partial charge < -0.3 is 15.0 Å². The SMILES string of the molecule is CN(C)C(=O)COc1cccc(C(=O)Nc2cccc(C#Cc3ccccn3)c2)c1. The van der Waals surface area contributed by atoms with Gasteiger partial charge in [-0.2, -0.15) is 0 Å². The van der Waals surface area contributed by atoms with Gasteiger partial charge in [0.05, 0.1) is 0 Å². The number of nitrogens with zero attached hydrogens (tertiary/aromatic N) is 2. The molecular formula is C24H21N3O3. The number of benzene rings is 2. The highest BCUT2D eigenvalue weighted by molar-refractivity contribution is 6.04. The van der Waals surface area contributed by atoms with Crippen LogP contribution in [0, 0.1) is 11.8 Å². The van der Waals surface area contributed by atoms with Crippen molar-refractivity contribution in [2.75, 3.05) is 26.0 Å². The van der Waals surface area contributed by atoms with Crippen molar-refractivity contribution < 1.29 is 14.3 Å². The molecule has 0 fully saturated rings. The van der Waals surface area contributed by atoms with E-state index in [2.05, 4.69) is 22.1 Å². The van der Waals surface area contributed by atoms with Gasteiger partial charge in [0.25, 0.3) is 11.8 Å². The van der Waals surface area contributed by atoms with Gasteiger partial charge in [-0.25, -0.2) is 4.98 Å². The van der Waals surface area contributed by atoms with Gasteiger partial charge in [-0.1, -0.05) is 24.1 Å². The van der Waals surface area contributed by atoms with E-state index in [4.69, 9.17) is 4.74 Å². The molecule has 1 N–H and O–H groups in total. The summed E-state index contributed by atoms with van der Waals surface area (Å²) in [5.74, 6) is 6.04. The maximum Gasteiger partial charge on any atom is 0.259 e. The zero-order valence-electron chi connectivity index (χ0n) is 16.8. The Hall–Kier alpha value is -4.11. The summed E-state index contributed by atoms with van der Waals surface area (Å²) in [5, 5.41) is 2.85. The van der Waals surface area contributed by atoms with Gasteiger partial charge in [-0.05, 0) is 54.5 Å². The number of anilines is 1. The Morgan fingerprint density at radius 1 is 1.00 bits per heavy atom. The fourth-order valence-corrected chi connectivity index (χ4v) is 2.45. The van der Waals surface area contributed by atoms with Crippen LogP contribution in [0.15, 0.2) is 72.9 Å². The van der Waals surface area contributed by atoms with Crippen molar-refractivity contribution in [3.8, 4) is 17.6 Å². The van der Waals surface area contributed by atoms with E-state index >= 15 is 0 Å². The van der Waals surface area contributed by atoms with Crippen LogP contribution in [-0.2, 0) is 4.79 Å². The molecule has 3 rings (SSSR count). The normalized spacial score (nSPS) is 9.80. The van der Waals surface area contributed by atoms with Crippen LogP contribution in [0.25, 0.3) is 0 Å². The maximum atomic E-state index is 12.6. The fraction of sp³-hybridized carbons (Fsp3) is 0.125. The molecule has 0 bridgehead atoms. The van der Waals surface area contributed by atoms with E-state index in [9.17, 15) is 9.59 Å². The van der Waals surface area contributed by atoms with Gasteiger partial charge in [-0.3, -0.25) is 9.59 Å². The molecule has 6 heteroatoms. The molecule has 0 saturated carbocycles. The molecule has 1 aromatic heterocycles. The van der Waals surface area contributed by atoms with Crippen LogP contribution >= 0.6 is 0 Å². The molecule has 150 valence electrons. The van der Waals surface area contributed by atoms with Crippen LogP contribution in [0.3, 0.4) is 0 Å². The molecule has 0 aliphatic rings. The Labute approximate surface area is 175 Å². The maximum absolute atomic E-state index is 12.6. The summed E-state index contributed by atoms with van der Waals surface area (Å²) in [6.07, 6.45) is 1.69. The predicted molar refractivity (Wildman–Crippen MR) is 115 cm³/mol. The number of amides is 2. The van der Waals surface area contributed by atoms with Gasteiger partial charge in [0.2, 0.25) is 0 Å². The molecule has 0 spiro atoms. The largest absolute Gasteiger partial charge is 0.484 e. The van der Waals surface area contributed by atoms with Gasteiger partial charge in [0.15, 0.2) is 6.61 Å². The molecule has 0 radical (unpaired) electrons. The summed E-state index contributed by atoms with van der Waals surface area (Å²) < 4.78 is 5.47. The van der Waals surface area contributed by atoms with E-state index in [-0.39, 0.29) is 18.4 Å². The number of aromatic nitrogens is 1. The lowest BCUT2D eigenvalue weighted by Gasteiger charge is -2.12. The average Bonchev–Trinajstić information content (AvgIpc) is 2.77. The third-order valence-electron chi connectivity index (χ3n) is 4.08. The van der Waals surface area contributed by atoms with Crippen LogP contribution < -0.4 is 10.1 Å². The van der Waals surface area contributed by atoms with E-state index in [1.54, 1.807) is 56.7 Å². The van der Waals surface area contributed by atoms with Gasteiger partial charge >= 0.3 is 0 Å². The number of carbonyl (C=O) groups is 2. The first-order chi connectivity index (χ1) is 14.5. The third kappa shape index (κ3) is 5.94. The Bertz CT molecular complexity index is 1100. The van der Waals surface area contributed by atoms with E-state index in [0.717, 1.165) is 5.56 Å². The second-order valence-corrected chi connectivity index (χ2v) is 6.60. The van der Waals surface area contributed by atoms with E-state index < -0.39 is 0 Å². The first-order valence-electron chi connectivity index (χ1n) is 9.29. The summed E-state index contributed by atoms with van der Waals surface area (Å²) in [6, 6.07) is 19.5. The van der Waals surface area contributed by atoms with Crippen molar-refractivity contribution in [3.05, 3.63) is 89.7 Å². The van der Waals surface area contributed by atoms with Gasteiger partial charge in [0, 0.05) is 37.1 Å². The summed E-state index contributed by atoms with van der Waals surface area (Å²) >= 11 is 0. The van der Waals surface area contributed by atoms with Crippen LogP contribution in [-0.4, -0.2) is 42.4 Å². The fourth-order valence-electron chi connectivity index (χ4n) is 2.45. The van der Waals surface area contributed by atoms with Crippen molar-refractivity contribution in [2.24, 2.45) is 0 Å². The highest BCUT2D eigenvalue weighted by Crippen LogP contribution is 2.16. The molecule has 2 aromatic carbocycles. The minimum atomic E-state index is -0.283. The Morgan fingerprint density at radius 3 is 2.60 bits per heavy atom. The minimum Gasteiger partial charge on any atom is -0.484 e. The molecule has 0 aliphatic heterocycles. The molecule has 0 aliphatic carbocycles. The molecule has 0 saturated heterocycles. The smallest absolute Gasteiger partial charge is 0.259 e. The van der Waals surface area contributed by atoms with Crippen molar-refractivity contribution in [1.82, 2.24) is 9.88 Å². The van der Waals surface area contributed by atoms with Crippen LogP contribution in [0.1, 0.15) is 21.6 Å². The van der Waals surface area contributed by atoms with E-state index in [1.807, 2.05) is 30.3 Å². The molecular weight excluding hydrogens is 378 g/mol. The third-order valence-corrected chi connectivity index (χ3v) is 4.08. The molecule has 1 heterocycles. The van der Waals surface area contributed by atoms with Crippen molar-refractivity contribution >= 4 is 17.5 Å². The van der Waals surface area contributed by atoms with Crippen LogP contribution in [0.2, 0.25) is 0 Å². The lowest BCUT2D eigenvalue weighted by atomic mass is 10.1. The Balaban J connectivity index is 1.67. The Morgan fingerprint density at radius 2 is 1.83 bits per heavy atom. The molecule has 2 amide bonds. The number of rotatable bonds is 5. The van der Waals surface area contributed by atoms with E-state index in [0.29, 0.717) is 22.7 Å². The minimum absolute atomic E-state index is 0.0882. The zero-order valence-corrected chi connectivity index (χ0v) is 16.8. The molecule has 0 atom stereocenters. The lowest BCUT2D eigenvalue weighted by Crippen LogP contribution is -2.27. The van der Waals surface area contributed by atoms with Crippen LogP contribution in [0.4, 0.5) is 5.69 Å². The highest BCUT2D eigenvalue weighted by Gasteiger charge is 2.09. The molecule has 30 heavy (non-hydrogen) atoms. The number of hydrogen-bond acceptors (Lipinski definition) is 4. The first-order valence-corrected chi connectivity index (χ1v) is 9.29. The lowest BCUT2D eigenvalue weighted by molar-refractivity contribution is -0.130. The average molecular weight is 399 g/mol. The molecule has 6 nitrogen and oxygen atoms in total. The quantitative estimate of drug-likeness (QED) is 0.669. The topological polar surface area (TPSA) is 71.5 Å². The summed E-state index contributed by atoms with van der Waals surface area (Å²) in [7, 11) is 3.31. The molecule has 3 aromatic rings. The van der Waals surface area contributed by atoms with Crippen molar-refractivity contribution in [3.63, 3.8) is 0 Å². The van der Waals surface area contributed by atoms with Crippen molar-refractivity contribution in [2.45, 2.75) is 0 Å². The zero-order chi connectivity index (χ0) is 21.3. The number of ether oxygens (including phenoxy) is 1. The van der Waals surface area contributed by atoms with Crippen molar-refractivity contribution in [1.29, 1.82) is 0 Å². The number of likely N-dealkylation sites (N-methyl/N-ethyl adjacent to an activating group) is 1. The number of carbonyl (C=O) groups excluding carboxylic acids is 2. The van der Waals surface area contributed by atoms with Gasteiger partial charge in [-0.15, -0.1) is 0 Å². The van der Waals surface area contributed by atoms with E-state index in [1.165, 1.54) is 4.90 Å². The Kier molecular flexibility index (Phi) is 6.80.